The summed E-state index contributed by atoms with van der Waals surface area (Å²) in [5.74, 6) is 1.53. The van der Waals surface area contributed by atoms with E-state index in [1.807, 2.05) is 11.1 Å². The first-order valence-electron chi connectivity index (χ1n) is 8.79. The predicted molar refractivity (Wildman–Crippen MR) is 82.8 cm³/mol. The lowest BCUT2D eigenvalue weighted by Crippen LogP contribution is -2.63. The number of ether oxygens (including phenoxy) is 1. The lowest BCUT2D eigenvalue weighted by molar-refractivity contribution is -0.124. The summed E-state index contributed by atoms with van der Waals surface area (Å²) in [4.78, 5) is 23.4. The smallest absolute Gasteiger partial charge is 0.317 e. The van der Waals surface area contributed by atoms with Gasteiger partial charge in [0.1, 0.15) is 11.4 Å². The van der Waals surface area contributed by atoms with Crippen molar-refractivity contribution in [3.63, 3.8) is 0 Å². The quantitative estimate of drug-likeness (QED) is 0.907. The van der Waals surface area contributed by atoms with Gasteiger partial charge in [0.25, 0.3) is 0 Å². The van der Waals surface area contributed by atoms with Crippen molar-refractivity contribution >= 4 is 6.03 Å². The minimum Gasteiger partial charge on any atom is -0.360 e. The highest BCUT2D eigenvalue weighted by Crippen LogP contribution is 2.44. The van der Waals surface area contributed by atoms with Crippen molar-refractivity contribution in [1.29, 1.82) is 0 Å². The van der Waals surface area contributed by atoms with E-state index in [2.05, 4.69) is 10.3 Å². The second kappa shape index (κ2) is 4.90. The van der Waals surface area contributed by atoms with E-state index in [9.17, 15) is 4.79 Å². The number of nitrogens with one attached hydrogen (secondary N) is 1. The molecule has 3 fully saturated rings. The van der Waals surface area contributed by atoms with Gasteiger partial charge in [-0.1, -0.05) is 12.8 Å². The van der Waals surface area contributed by atoms with Crippen LogP contribution >= 0.6 is 0 Å². The Morgan fingerprint density at radius 2 is 2.04 bits per heavy atom. The van der Waals surface area contributed by atoms with Gasteiger partial charge in [-0.3, -0.25) is 0 Å². The Hall–Kier alpha value is -1.69. The van der Waals surface area contributed by atoms with Crippen LogP contribution in [0, 0.1) is 0 Å². The minimum atomic E-state index is -0.357. The molecule has 0 atom stereocenters. The van der Waals surface area contributed by atoms with Gasteiger partial charge in [0.2, 0.25) is 0 Å². The SMILES string of the molecule is O=C(NC1CCCC1)N1CC2(C1)OCc1nc(C3CC3)ncc12. The normalized spacial score (nSPS) is 25.5. The molecule has 0 bridgehead atoms. The molecule has 4 aliphatic rings. The predicted octanol–water partition coefficient (Wildman–Crippen LogP) is 2.05. The van der Waals surface area contributed by atoms with E-state index in [0.717, 1.165) is 29.9 Å². The summed E-state index contributed by atoms with van der Waals surface area (Å²) in [7, 11) is 0. The molecule has 1 saturated heterocycles. The standard InChI is InChI=1S/C17H22N4O2/c22-16(19-12-3-1-2-4-12)21-9-17(10-21)13-7-18-15(11-5-6-11)20-14(13)8-23-17/h7,11-12H,1-6,8-10H2,(H,19,22). The van der Waals surface area contributed by atoms with E-state index in [-0.39, 0.29) is 11.6 Å². The number of amides is 2. The molecule has 23 heavy (non-hydrogen) atoms. The largest absolute Gasteiger partial charge is 0.360 e. The van der Waals surface area contributed by atoms with Crippen LogP contribution in [0.1, 0.15) is 61.5 Å². The molecule has 2 aliphatic carbocycles. The first kappa shape index (κ1) is 13.7. The third-order valence-electron chi connectivity index (χ3n) is 5.67. The first-order chi connectivity index (χ1) is 11.2. The van der Waals surface area contributed by atoms with Crippen molar-refractivity contribution in [1.82, 2.24) is 20.2 Å². The molecule has 1 aromatic heterocycles. The van der Waals surface area contributed by atoms with Gasteiger partial charge >= 0.3 is 6.03 Å². The Morgan fingerprint density at radius 1 is 1.26 bits per heavy atom. The number of carbonyl (C=O) groups excluding carboxylic acids is 1. The van der Waals surface area contributed by atoms with Crippen molar-refractivity contribution in [2.24, 2.45) is 0 Å². The molecule has 6 nitrogen and oxygen atoms in total. The molecule has 2 aliphatic heterocycles. The topological polar surface area (TPSA) is 67.4 Å². The summed E-state index contributed by atoms with van der Waals surface area (Å²) in [5, 5.41) is 3.14. The molecule has 0 aromatic carbocycles. The van der Waals surface area contributed by atoms with Crippen molar-refractivity contribution in [3.05, 3.63) is 23.3 Å². The first-order valence-corrected chi connectivity index (χ1v) is 8.79. The van der Waals surface area contributed by atoms with E-state index in [0.29, 0.717) is 31.7 Å². The number of urea groups is 1. The Balaban J connectivity index is 1.27. The maximum atomic E-state index is 12.3. The van der Waals surface area contributed by atoms with Crippen LogP contribution in [-0.2, 0) is 16.9 Å². The van der Waals surface area contributed by atoms with Crippen LogP contribution in [0.2, 0.25) is 0 Å². The highest BCUT2D eigenvalue weighted by Gasteiger charge is 2.53. The van der Waals surface area contributed by atoms with Crippen LogP contribution in [0.4, 0.5) is 4.79 Å². The summed E-state index contributed by atoms with van der Waals surface area (Å²) in [5.41, 5.74) is 1.76. The number of likely N-dealkylation sites (tertiary alicyclic amines) is 1. The van der Waals surface area contributed by atoms with Gasteiger partial charge < -0.3 is 15.0 Å². The lowest BCUT2D eigenvalue weighted by Gasteiger charge is -2.47. The lowest BCUT2D eigenvalue weighted by atomic mass is 9.88. The summed E-state index contributed by atoms with van der Waals surface area (Å²) in [6, 6.07) is 0.412. The fraction of sp³-hybridized carbons (Fsp3) is 0.706. The molecule has 1 spiro atoms. The second-order valence-corrected chi connectivity index (χ2v) is 7.43. The number of hydrogen-bond acceptors (Lipinski definition) is 4. The van der Waals surface area contributed by atoms with Crippen molar-refractivity contribution in [3.8, 4) is 0 Å². The fourth-order valence-corrected chi connectivity index (χ4v) is 4.06. The molecule has 1 N–H and O–H groups in total. The molecule has 3 heterocycles. The van der Waals surface area contributed by atoms with Gasteiger partial charge in [-0.05, 0) is 25.7 Å². The molecule has 0 unspecified atom stereocenters. The number of nitrogens with zero attached hydrogens (tertiary/aromatic N) is 3. The van der Waals surface area contributed by atoms with Gasteiger partial charge in [0, 0.05) is 23.7 Å². The van der Waals surface area contributed by atoms with Crippen molar-refractivity contribution in [2.75, 3.05) is 13.1 Å². The van der Waals surface area contributed by atoms with Crippen LogP contribution in [-0.4, -0.2) is 40.0 Å². The molecule has 5 rings (SSSR count). The number of rotatable bonds is 2. The Bertz CT molecular complexity index is 646. The minimum absolute atomic E-state index is 0.0510. The molecule has 0 radical (unpaired) electrons. The average Bonchev–Trinajstić information content (AvgIpc) is 3.11. The molecule has 1 aromatic rings. The zero-order valence-corrected chi connectivity index (χ0v) is 13.3. The van der Waals surface area contributed by atoms with Crippen LogP contribution < -0.4 is 5.32 Å². The third-order valence-corrected chi connectivity index (χ3v) is 5.67. The molecule has 6 heteroatoms. The van der Waals surface area contributed by atoms with E-state index >= 15 is 0 Å². The molecule has 2 amide bonds. The summed E-state index contributed by atoms with van der Waals surface area (Å²) in [6.07, 6.45) is 9.04. The van der Waals surface area contributed by atoms with Gasteiger partial charge in [0.15, 0.2) is 0 Å². The Kier molecular flexibility index (Phi) is 2.92. The second-order valence-electron chi connectivity index (χ2n) is 7.43. The van der Waals surface area contributed by atoms with Crippen LogP contribution in [0.25, 0.3) is 0 Å². The number of hydrogen-bond donors (Lipinski definition) is 1. The summed E-state index contributed by atoms with van der Waals surface area (Å²) >= 11 is 0. The third kappa shape index (κ3) is 2.23. The van der Waals surface area contributed by atoms with Crippen LogP contribution in [0.15, 0.2) is 6.20 Å². The zero-order chi connectivity index (χ0) is 15.4. The maximum Gasteiger partial charge on any atom is 0.317 e. The highest BCUT2D eigenvalue weighted by molar-refractivity contribution is 5.76. The van der Waals surface area contributed by atoms with Crippen LogP contribution in [0.5, 0.6) is 0 Å². The van der Waals surface area contributed by atoms with E-state index in [1.54, 1.807) is 0 Å². The van der Waals surface area contributed by atoms with E-state index < -0.39 is 0 Å². The monoisotopic (exact) mass is 314 g/mol. The molecular weight excluding hydrogens is 292 g/mol. The Morgan fingerprint density at radius 3 is 2.78 bits per heavy atom. The van der Waals surface area contributed by atoms with Crippen molar-refractivity contribution in [2.45, 2.75) is 62.7 Å². The van der Waals surface area contributed by atoms with Gasteiger partial charge in [-0.15, -0.1) is 0 Å². The molecular formula is C17H22N4O2. The summed E-state index contributed by atoms with van der Waals surface area (Å²) < 4.78 is 6.03. The van der Waals surface area contributed by atoms with Gasteiger partial charge in [-0.25, -0.2) is 14.8 Å². The number of carbonyl (C=O) groups is 1. The molecule has 122 valence electrons. The van der Waals surface area contributed by atoms with Crippen LogP contribution in [0.3, 0.4) is 0 Å². The highest BCUT2D eigenvalue weighted by atomic mass is 16.5. The number of aromatic nitrogens is 2. The van der Waals surface area contributed by atoms with E-state index in [4.69, 9.17) is 9.72 Å². The van der Waals surface area contributed by atoms with Gasteiger partial charge in [-0.2, -0.15) is 0 Å². The van der Waals surface area contributed by atoms with Crippen molar-refractivity contribution < 1.29 is 9.53 Å². The fourth-order valence-electron chi connectivity index (χ4n) is 4.06. The maximum absolute atomic E-state index is 12.3. The zero-order valence-electron chi connectivity index (χ0n) is 13.3. The summed E-state index contributed by atoms with van der Waals surface area (Å²) in [6.45, 7) is 1.78. The average molecular weight is 314 g/mol. The van der Waals surface area contributed by atoms with Gasteiger partial charge in [0.05, 0.1) is 25.4 Å². The molecule has 2 saturated carbocycles. The Labute approximate surface area is 135 Å². The number of fused-ring (bicyclic) bond motifs is 2. The van der Waals surface area contributed by atoms with E-state index in [1.165, 1.54) is 25.7 Å².